The fraction of sp³-hybridized carbons (Fsp3) is 0.538. The Morgan fingerprint density at radius 2 is 2.00 bits per heavy atom. The van der Waals surface area contributed by atoms with E-state index in [0.29, 0.717) is 18.0 Å². The summed E-state index contributed by atoms with van der Waals surface area (Å²) in [6.45, 7) is 0.466. The van der Waals surface area contributed by atoms with E-state index in [1.165, 1.54) is 0 Å². The van der Waals surface area contributed by atoms with Crippen molar-refractivity contribution in [3.05, 3.63) is 33.3 Å². The van der Waals surface area contributed by atoms with Crippen LogP contribution in [0.4, 0.5) is 13.2 Å². The Labute approximate surface area is 130 Å². The summed E-state index contributed by atoms with van der Waals surface area (Å²) in [6, 6.07) is 5.13. The zero-order valence-corrected chi connectivity index (χ0v) is 13.4. The van der Waals surface area contributed by atoms with Crippen LogP contribution in [-0.4, -0.2) is 31.2 Å². The second-order valence-electron chi connectivity index (χ2n) is 4.73. The largest absolute Gasteiger partial charge is 0.390 e. The molecule has 0 fully saturated rings. The number of nitrogens with zero attached hydrogens (tertiary/aromatic N) is 1. The van der Waals surface area contributed by atoms with Crippen molar-refractivity contribution in [2.75, 3.05) is 20.1 Å². The highest BCUT2D eigenvalue weighted by atomic mass is 79.9. The van der Waals surface area contributed by atoms with Crippen LogP contribution in [0, 0.1) is 0 Å². The van der Waals surface area contributed by atoms with Gasteiger partial charge in [-0.2, -0.15) is 13.2 Å². The van der Waals surface area contributed by atoms with E-state index in [2.05, 4.69) is 15.9 Å². The van der Waals surface area contributed by atoms with Gasteiger partial charge < -0.3 is 10.6 Å². The lowest BCUT2D eigenvalue weighted by Gasteiger charge is -2.20. The Morgan fingerprint density at radius 1 is 1.35 bits per heavy atom. The van der Waals surface area contributed by atoms with Gasteiger partial charge in [-0.1, -0.05) is 33.6 Å². The van der Waals surface area contributed by atoms with E-state index in [-0.39, 0.29) is 12.6 Å². The van der Waals surface area contributed by atoms with Gasteiger partial charge in [-0.3, -0.25) is 0 Å². The summed E-state index contributed by atoms with van der Waals surface area (Å²) in [5, 5.41) is 0.560. The quantitative estimate of drug-likeness (QED) is 0.802. The summed E-state index contributed by atoms with van der Waals surface area (Å²) in [5.74, 6) is 0. The first-order valence-corrected chi connectivity index (χ1v) is 7.32. The van der Waals surface area contributed by atoms with Crippen LogP contribution in [0.3, 0.4) is 0 Å². The van der Waals surface area contributed by atoms with Crippen molar-refractivity contribution >= 4 is 27.5 Å². The first-order chi connectivity index (χ1) is 9.19. The van der Waals surface area contributed by atoms with Crippen molar-refractivity contribution in [1.29, 1.82) is 0 Å². The molecule has 114 valence electrons. The Hall–Kier alpha value is -0.300. The fourth-order valence-electron chi connectivity index (χ4n) is 1.75. The van der Waals surface area contributed by atoms with Gasteiger partial charge in [0, 0.05) is 22.1 Å². The summed E-state index contributed by atoms with van der Waals surface area (Å²) in [7, 11) is 1.65. The first kappa shape index (κ1) is 17.8. The molecule has 0 spiro atoms. The molecule has 1 aromatic rings. The molecule has 0 aliphatic carbocycles. The molecule has 0 saturated heterocycles. The monoisotopic (exact) mass is 372 g/mol. The minimum atomic E-state index is -4.12. The highest BCUT2D eigenvalue weighted by molar-refractivity contribution is 9.10. The second kappa shape index (κ2) is 7.64. The van der Waals surface area contributed by atoms with Crippen LogP contribution >= 0.6 is 27.5 Å². The third kappa shape index (κ3) is 6.43. The molecule has 0 amide bonds. The molecule has 0 bridgehead atoms. The normalized spacial score (nSPS) is 13.8. The van der Waals surface area contributed by atoms with Crippen molar-refractivity contribution in [1.82, 2.24) is 4.90 Å². The minimum Gasteiger partial charge on any atom is -0.324 e. The predicted octanol–water partition coefficient (Wildman–Crippen LogP) is 4.38. The van der Waals surface area contributed by atoms with Gasteiger partial charge in [0.25, 0.3) is 0 Å². The van der Waals surface area contributed by atoms with Crippen LogP contribution in [0.2, 0.25) is 5.02 Å². The van der Waals surface area contributed by atoms with Crippen LogP contribution in [0.1, 0.15) is 24.4 Å². The van der Waals surface area contributed by atoms with Gasteiger partial charge in [0.15, 0.2) is 0 Å². The van der Waals surface area contributed by atoms with Crippen LogP contribution in [0.15, 0.2) is 22.7 Å². The van der Waals surface area contributed by atoms with E-state index in [0.717, 1.165) is 10.0 Å². The number of hydrogen-bond acceptors (Lipinski definition) is 2. The molecular formula is C13H17BrClF3N2. The molecule has 0 aliphatic heterocycles. The molecule has 0 aromatic heterocycles. The molecule has 2 nitrogen and oxygen atoms in total. The molecule has 7 heteroatoms. The van der Waals surface area contributed by atoms with Crippen molar-refractivity contribution < 1.29 is 13.2 Å². The second-order valence-corrected chi connectivity index (χ2v) is 6.05. The van der Waals surface area contributed by atoms with Crippen molar-refractivity contribution in [2.45, 2.75) is 25.1 Å². The molecule has 2 N–H and O–H groups in total. The lowest BCUT2D eigenvalue weighted by atomic mass is 10.0. The van der Waals surface area contributed by atoms with Crippen LogP contribution in [0.25, 0.3) is 0 Å². The fourth-order valence-corrected chi connectivity index (χ4v) is 2.56. The molecule has 0 radical (unpaired) electrons. The van der Waals surface area contributed by atoms with E-state index in [1.54, 1.807) is 18.0 Å². The van der Waals surface area contributed by atoms with E-state index >= 15 is 0 Å². The summed E-state index contributed by atoms with van der Waals surface area (Å²) in [4.78, 5) is 1.63. The summed E-state index contributed by atoms with van der Waals surface area (Å²) >= 11 is 9.40. The Morgan fingerprint density at radius 3 is 2.55 bits per heavy atom. The Bertz CT molecular complexity index is 440. The van der Waals surface area contributed by atoms with Crippen LogP contribution < -0.4 is 5.73 Å². The Balaban J connectivity index is 2.44. The molecular weight excluding hydrogens is 357 g/mol. The molecule has 1 atom stereocenters. The number of nitrogens with two attached hydrogens (primary N) is 1. The van der Waals surface area contributed by atoms with Gasteiger partial charge in [0.2, 0.25) is 0 Å². The average molecular weight is 374 g/mol. The highest BCUT2D eigenvalue weighted by Gasteiger charge is 2.27. The third-order valence-electron chi connectivity index (χ3n) is 2.96. The lowest BCUT2D eigenvalue weighted by molar-refractivity contribution is -0.137. The average Bonchev–Trinajstić information content (AvgIpc) is 2.32. The van der Waals surface area contributed by atoms with Crippen LogP contribution in [0.5, 0.6) is 0 Å². The van der Waals surface area contributed by atoms with Crippen molar-refractivity contribution in [2.24, 2.45) is 5.73 Å². The summed E-state index contributed by atoms with van der Waals surface area (Å²) < 4.78 is 37.2. The van der Waals surface area contributed by atoms with E-state index in [4.69, 9.17) is 17.3 Å². The molecule has 0 heterocycles. The topological polar surface area (TPSA) is 29.3 Å². The number of rotatable bonds is 6. The predicted molar refractivity (Wildman–Crippen MR) is 78.9 cm³/mol. The maximum atomic E-state index is 12.1. The SMILES string of the molecule is CN(CCC(N)c1ccc(Br)cc1Cl)CCC(F)(F)F. The van der Waals surface area contributed by atoms with Crippen molar-refractivity contribution in [3.63, 3.8) is 0 Å². The zero-order valence-electron chi connectivity index (χ0n) is 11.1. The van der Waals surface area contributed by atoms with Gasteiger partial charge in [-0.15, -0.1) is 0 Å². The Kier molecular flexibility index (Phi) is 6.78. The van der Waals surface area contributed by atoms with E-state index in [1.807, 2.05) is 12.1 Å². The van der Waals surface area contributed by atoms with Gasteiger partial charge in [0.05, 0.1) is 6.42 Å². The van der Waals surface area contributed by atoms with E-state index < -0.39 is 12.6 Å². The maximum absolute atomic E-state index is 12.1. The standard InChI is InChI=1S/C13H17BrClF3N2/c1-20(7-5-13(16,17)18)6-4-12(19)10-3-2-9(14)8-11(10)15/h2-3,8,12H,4-7,19H2,1H3. The van der Waals surface area contributed by atoms with Gasteiger partial charge in [0.1, 0.15) is 0 Å². The maximum Gasteiger partial charge on any atom is 0.390 e. The highest BCUT2D eigenvalue weighted by Crippen LogP contribution is 2.27. The molecule has 0 saturated carbocycles. The van der Waals surface area contributed by atoms with Gasteiger partial charge in [-0.05, 0) is 37.7 Å². The minimum absolute atomic E-state index is 0.0235. The lowest BCUT2D eigenvalue weighted by Crippen LogP contribution is -2.27. The van der Waals surface area contributed by atoms with Gasteiger partial charge in [-0.25, -0.2) is 0 Å². The number of halogens is 5. The number of alkyl halides is 3. The number of hydrogen-bond donors (Lipinski definition) is 1. The van der Waals surface area contributed by atoms with E-state index in [9.17, 15) is 13.2 Å². The molecule has 1 unspecified atom stereocenters. The molecule has 1 rings (SSSR count). The smallest absolute Gasteiger partial charge is 0.324 e. The third-order valence-corrected chi connectivity index (χ3v) is 3.78. The first-order valence-electron chi connectivity index (χ1n) is 6.15. The van der Waals surface area contributed by atoms with Crippen LogP contribution in [-0.2, 0) is 0 Å². The molecule has 20 heavy (non-hydrogen) atoms. The molecule has 1 aromatic carbocycles. The summed E-state index contributed by atoms with van der Waals surface area (Å²) in [5.41, 5.74) is 6.83. The zero-order chi connectivity index (χ0) is 15.3. The molecule has 0 aliphatic rings. The van der Waals surface area contributed by atoms with Gasteiger partial charge >= 0.3 is 6.18 Å². The van der Waals surface area contributed by atoms with Crippen molar-refractivity contribution in [3.8, 4) is 0 Å². The summed E-state index contributed by atoms with van der Waals surface area (Å²) in [6.07, 6.45) is -4.38. The number of benzene rings is 1.